The fourth-order valence-electron chi connectivity index (χ4n) is 2.23. The summed E-state index contributed by atoms with van der Waals surface area (Å²) in [7, 11) is 0. The van der Waals surface area contributed by atoms with Crippen LogP contribution in [-0.4, -0.2) is 18.2 Å². The van der Waals surface area contributed by atoms with E-state index >= 15 is 0 Å². The van der Waals surface area contributed by atoms with Crippen LogP contribution in [0, 0.1) is 0 Å². The summed E-state index contributed by atoms with van der Waals surface area (Å²) in [4.78, 5) is 0. The Morgan fingerprint density at radius 1 is 1.06 bits per heavy atom. The standard InChI is InChI=1S/C14H32N2O/c1-5-7-8-9-10-11-12-13(16-15)14(3,4)17-6-2/h13,16H,5-12,15H2,1-4H3. The van der Waals surface area contributed by atoms with Gasteiger partial charge in [0.05, 0.1) is 5.60 Å². The Morgan fingerprint density at radius 2 is 1.65 bits per heavy atom. The Labute approximate surface area is 107 Å². The molecule has 104 valence electrons. The highest BCUT2D eigenvalue weighted by Crippen LogP contribution is 2.20. The van der Waals surface area contributed by atoms with Crippen LogP contribution < -0.4 is 11.3 Å². The van der Waals surface area contributed by atoms with Crippen LogP contribution in [0.25, 0.3) is 0 Å². The Bertz CT molecular complexity index is 172. The van der Waals surface area contributed by atoms with Crippen LogP contribution in [0.5, 0.6) is 0 Å². The van der Waals surface area contributed by atoms with E-state index in [2.05, 4.69) is 26.2 Å². The monoisotopic (exact) mass is 244 g/mol. The van der Waals surface area contributed by atoms with Gasteiger partial charge < -0.3 is 4.74 Å². The molecular weight excluding hydrogens is 212 g/mol. The maximum absolute atomic E-state index is 5.74. The molecule has 0 aliphatic rings. The molecule has 0 bridgehead atoms. The maximum atomic E-state index is 5.74. The molecule has 0 spiro atoms. The molecule has 1 unspecified atom stereocenters. The number of rotatable bonds is 11. The minimum atomic E-state index is -0.174. The third-order valence-electron chi connectivity index (χ3n) is 3.40. The van der Waals surface area contributed by atoms with Gasteiger partial charge in [0.25, 0.3) is 0 Å². The predicted octanol–water partition coefficient (Wildman–Crippen LogP) is 3.38. The molecule has 3 nitrogen and oxygen atoms in total. The van der Waals surface area contributed by atoms with Crippen molar-refractivity contribution in [2.75, 3.05) is 6.61 Å². The van der Waals surface area contributed by atoms with Crippen molar-refractivity contribution in [2.45, 2.75) is 84.3 Å². The Hall–Kier alpha value is -0.120. The van der Waals surface area contributed by atoms with Crippen LogP contribution in [0.3, 0.4) is 0 Å². The summed E-state index contributed by atoms with van der Waals surface area (Å²) in [5.41, 5.74) is 2.73. The van der Waals surface area contributed by atoms with E-state index in [0.717, 1.165) is 13.0 Å². The van der Waals surface area contributed by atoms with Crippen LogP contribution in [-0.2, 0) is 4.74 Å². The van der Waals surface area contributed by atoms with Gasteiger partial charge in [0.2, 0.25) is 0 Å². The molecule has 0 aromatic rings. The third kappa shape index (κ3) is 7.74. The Morgan fingerprint density at radius 3 is 2.18 bits per heavy atom. The lowest BCUT2D eigenvalue weighted by Gasteiger charge is -2.33. The second-order valence-corrected chi connectivity index (χ2v) is 5.31. The molecule has 0 fully saturated rings. The molecular formula is C14H32N2O. The largest absolute Gasteiger partial charge is 0.374 e. The lowest BCUT2D eigenvalue weighted by Crippen LogP contribution is -2.51. The number of hydrogen-bond acceptors (Lipinski definition) is 3. The minimum Gasteiger partial charge on any atom is -0.374 e. The maximum Gasteiger partial charge on any atom is 0.0792 e. The summed E-state index contributed by atoms with van der Waals surface area (Å²) in [5, 5.41) is 0. The van der Waals surface area contributed by atoms with E-state index in [1.807, 2.05) is 6.92 Å². The van der Waals surface area contributed by atoms with Crippen LogP contribution in [0.1, 0.15) is 72.6 Å². The van der Waals surface area contributed by atoms with Gasteiger partial charge in [-0.25, -0.2) is 0 Å². The number of ether oxygens (including phenoxy) is 1. The summed E-state index contributed by atoms with van der Waals surface area (Å²) in [6, 6.07) is 0.244. The first-order valence-electron chi connectivity index (χ1n) is 7.18. The lowest BCUT2D eigenvalue weighted by atomic mass is 9.93. The highest BCUT2D eigenvalue weighted by molar-refractivity contribution is 4.83. The van der Waals surface area contributed by atoms with Crippen molar-refractivity contribution >= 4 is 0 Å². The first-order chi connectivity index (χ1) is 8.08. The second-order valence-electron chi connectivity index (χ2n) is 5.31. The zero-order valence-electron chi connectivity index (χ0n) is 12.2. The molecule has 17 heavy (non-hydrogen) atoms. The van der Waals surface area contributed by atoms with Crippen molar-refractivity contribution < 1.29 is 4.74 Å². The number of unbranched alkanes of at least 4 members (excludes halogenated alkanes) is 5. The van der Waals surface area contributed by atoms with Crippen molar-refractivity contribution in [1.82, 2.24) is 5.43 Å². The predicted molar refractivity (Wildman–Crippen MR) is 74.8 cm³/mol. The minimum absolute atomic E-state index is 0.174. The van der Waals surface area contributed by atoms with Crippen molar-refractivity contribution in [1.29, 1.82) is 0 Å². The molecule has 0 aliphatic heterocycles. The molecule has 0 aromatic heterocycles. The normalized spacial score (nSPS) is 13.9. The van der Waals surface area contributed by atoms with E-state index < -0.39 is 0 Å². The summed E-state index contributed by atoms with van der Waals surface area (Å²) in [5.74, 6) is 5.62. The van der Waals surface area contributed by atoms with Crippen molar-refractivity contribution in [3.63, 3.8) is 0 Å². The molecule has 1 atom stereocenters. The van der Waals surface area contributed by atoms with Gasteiger partial charge in [-0.3, -0.25) is 11.3 Å². The first kappa shape index (κ1) is 16.9. The van der Waals surface area contributed by atoms with Crippen molar-refractivity contribution in [3.05, 3.63) is 0 Å². The van der Waals surface area contributed by atoms with E-state index in [9.17, 15) is 0 Å². The quantitative estimate of drug-likeness (QED) is 0.333. The van der Waals surface area contributed by atoms with E-state index in [1.165, 1.54) is 38.5 Å². The fraction of sp³-hybridized carbons (Fsp3) is 1.00. The summed E-state index contributed by atoms with van der Waals surface area (Å²) < 4.78 is 5.74. The molecule has 0 heterocycles. The highest BCUT2D eigenvalue weighted by Gasteiger charge is 2.28. The molecule has 0 amide bonds. The van der Waals surface area contributed by atoms with Crippen molar-refractivity contribution in [2.24, 2.45) is 5.84 Å². The number of hydrazine groups is 1. The molecule has 0 aliphatic carbocycles. The van der Waals surface area contributed by atoms with Crippen LogP contribution in [0.4, 0.5) is 0 Å². The van der Waals surface area contributed by atoms with Gasteiger partial charge in [-0.1, -0.05) is 45.4 Å². The van der Waals surface area contributed by atoms with Gasteiger partial charge in [0.15, 0.2) is 0 Å². The van der Waals surface area contributed by atoms with Crippen LogP contribution in [0.15, 0.2) is 0 Å². The summed E-state index contributed by atoms with van der Waals surface area (Å²) >= 11 is 0. The lowest BCUT2D eigenvalue weighted by molar-refractivity contribution is -0.0406. The SMILES string of the molecule is CCCCCCCCC(NN)C(C)(C)OCC. The van der Waals surface area contributed by atoms with E-state index in [1.54, 1.807) is 0 Å². The van der Waals surface area contributed by atoms with E-state index in [4.69, 9.17) is 10.6 Å². The summed E-state index contributed by atoms with van der Waals surface area (Å²) in [6.45, 7) is 9.23. The molecule has 0 saturated carbocycles. The number of hydrogen-bond donors (Lipinski definition) is 2. The molecule has 0 rings (SSSR count). The molecule has 3 N–H and O–H groups in total. The summed E-state index contributed by atoms with van der Waals surface area (Å²) in [6.07, 6.45) is 9.02. The van der Waals surface area contributed by atoms with Gasteiger partial charge in [-0.05, 0) is 27.2 Å². The molecule has 3 heteroatoms. The van der Waals surface area contributed by atoms with Crippen LogP contribution in [0.2, 0.25) is 0 Å². The van der Waals surface area contributed by atoms with Crippen molar-refractivity contribution in [3.8, 4) is 0 Å². The van der Waals surface area contributed by atoms with E-state index in [-0.39, 0.29) is 11.6 Å². The number of nitrogens with two attached hydrogens (primary N) is 1. The topological polar surface area (TPSA) is 47.3 Å². The molecule has 0 radical (unpaired) electrons. The number of nitrogens with one attached hydrogen (secondary N) is 1. The second kappa shape index (κ2) is 9.86. The van der Waals surface area contributed by atoms with Crippen LogP contribution >= 0.6 is 0 Å². The van der Waals surface area contributed by atoms with Gasteiger partial charge in [0.1, 0.15) is 0 Å². The third-order valence-corrected chi connectivity index (χ3v) is 3.40. The Balaban J connectivity index is 3.74. The zero-order valence-corrected chi connectivity index (χ0v) is 12.2. The van der Waals surface area contributed by atoms with Gasteiger partial charge in [-0.15, -0.1) is 0 Å². The van der Waals surface area contributed by atoms with Gasteiger partial charge >= 0.3 is 0 Å². The molecule has 0 aromatic carbocycles. The molecule has 0 saturated heterocycles. The van der Waals surface area contributed by atoms with E-state index in [0.29, 0.717) is 0 Å². The highest BCUT2D eigenvalue weighted by atomic mass is 16.5. The van der Waals surface area contributed by atoms with Gasteiger partial charge in [-0.2, -0.15) is 0 Å². The smallest absolute Gasteiger partial charge is 0.0792 e. The zero-order chi connectivity index (χ0) is 13.1. The van der Waals surface area contributed by atoms with Gasteiger partial charge in [0, 0.05) is 12.6 Å². The average Bonchev–Trinajstić information content (AvgIpc) is 2.27. The average molecular weight is 244 g/mol. The Kier molecular flexibility index (Phi) is 9.79. The fourth-order valence-corrected chi connectivity index (χ4v) is 2.23. The first-order valence-corrected chi connectivity index (χ1v) is 7.18.